The molecule has 1 heterocycles. The maximum absolute atomic E-state index is 11.9. The zero-order valence-electron chi connectivity index (χ0n) is 10.7. The topological polar surface area (TPSA) is 67.6 Å². The molecule has 1 aromatic rings. The van der Waals surface area contributed by atoms with E-state index in [1.54, 1.807) is 18.2 Å². The molecule has 1 fully saturated rings. The molecular formula is C13H18ClN3O2. The summed E-state index contributed by atoms with van der Waals surface area (Å²) < 4.78 is 5.35. The highest BCUT2D eigenvalue weighted by atomic mass is 35.5. The van der Waals surface area contributed by atoms with Crippen LogP contribution in [0.1, 0.15) is 6.42 Å². The molecule has 1 amide bonds. The van der Waals surface area contributed by atoms with Gasteiger partial charge in [-0.1, -0.05) is 11.6 Å². The number of amides is 1. The van der Waals surface area contributed by atoms with Crippen LogP contribution >= 0.6 is 11.6 Å². The fourth-order valence-electron chi connectivity index (χ4n) is 2.00. The van der Waals surface area contributed by atoms with Crippen molar-refractivity contribution in [3.05, 3.63) is 23.2 Å². The molecule has 104 valence electrons. The molecule has 1 saturated heterocycles. The molecule has 19 heavy (non-hydrogen) atoms. The van der Waals surface area contributed by atoms with Gasteiger partial charge in [0.15, 0.2) is 0 Å². The average Bonchev–Trinajstić information content (AvgIpc) is 2.61. The monoisotopic (exact) mass is 283 g/mol. The minimum Gasteiger partial charge on any atom is -0.397 e. The van der Waals surface area contributed by atoms with Crippen LogP contribution < -0.4 is 11.1 Å². The highest BCUT2D eigenvalue weighted by molar-refractivity contribution is 6.31. The Morgan fingerprint density at radius 1 is 1.42 bits per heavy atom. The molecular weight excluding hydrogens is 266 g/mol. The van der Waals surface area contributed by atoms with Gasteiger partial charge >= 0.3 is 0 Å². The van der Waals surface area contributed by atoms with Gasteiger partial charge in [-0.25, -0.2) is 0 Å². The van der Waals surface area contributed by atoms with E-state index in [0.29, 0.717) is 29.5 Å². The molecule has 0 radical (unpaired) electrons. The highest BCUT2D eigenvalue weighted by Gasteiger charge is 2.13. The SMILES string of the molecule is Nc1cc(Cl)ccc1NC(=O)CN1CCCOCC1. The molecule has 1 aliphatic rings. The number of nitrogen functional groups attached to an aromatic ring is 1. The summed E-state index contributed by atoms with van der Waals surface area (Å²) in [7, 11) is 0. The molecule has 0 unspecified atom stereocenters. The molecule has 0 saturated carbocycles. The number of anilines is 2. The number of nitrogens with zero attached hydrogens (tertiary/aromatic N) is 1. The van der Waals surface area contributed by atoms with Crippen molar-refractivity contribution in [2.24, 2.45) is 0 Å². The zero-order chi connectivity index (χ0) is 13.7. The van der Waals surface area contributed by atoms with Crippen molar-refractivity contribution >= 4 is 28.9 Å². The number of hydrogen-bond donors (Lipinski definition) is 2. The van der Waals surface area contributed by atoms with Gasteiger partial charge in [0.2, 0.25) is 5.91 Å². The van der Waals surface area contributed by atoms with Crippen LogP contribution in [0.15, 0.2) is 18.2 Å². The summed E-state index contributed by atoms with van der Waals surface area (Å²) in [6, 6.07) is 5.03. The maximum atomic E-state index is 11.9. The molecule has 1 aromatic carbocycles. The summed E-state index contributed by atoms with van der Waals surface area (Å²) in [5.41, 5.74) is 6.86. The summed E-state index contributed by atoms with van der Waals surface area (Å²) in [4.78, 5) is 14.0. The lowest BCUT2D eigenvalue weighted by Gasteiger charge is -2.18. The minimum absolute atomic E-state index is 0.0732. The molecule has 3 N–H and O–H groups in total. The fraction of sp³-hybridized carbons (Fsp3) is 0.462. The van der Waals surface area contributed by atoms with Crippen molar-refractivity contribution in [3.63, 3.8) is 0 Å². The van der Waals surface area contributed by atoms with E-state index in [1.165, 1.54) is 0 Å². The standard InChI is InChI=1S/C13H18ClN3O2/c14-10-2-3-12(11(15)8-10)16-13(18)9-17-4-1-6-19-7-5-17/h2-3,8H,1,4-7,9,15H2,(H,16,18). The molecule has 0 aliphatic carbocycles. The van der Waals surface area contributed by atoms with E-state index in [2.05, 4.69) is 10.2 Å². The van der Waals surface area contributed by atoms with E-state index in [9.17, 15) is 4.79 Å². The van der Waals surface area contributed by atoms with Gasteiger partial charge in [-0.05, 0) is 24.6 Å². The number of nitrogens with one attached hydrogen (secondary N) is 1. The predicted octanol–water partition coefficient (Wildman–Crippen LogP) is 1.58. The van der Waals surface area contributed by atoms with Gasteiger partial charge in [-0.15, -0.1) is 0 Å². The first-order valence-electron chi connectivity index (χ1n) is 6.30. The zero-order valence-corrected chi connectivity index (χ0v) is 11.4. The van der Waals surface area contributed by atoms with Crippen molar-refractivity contribution in [2.75, 3.05) is 43.9 Å². The van der Waals surface area contributed by atoms with Crippen molar-refractivity contribution < 1.29 is 9.53 Å². The summed E-state index contributed by atoms with van der Waals surface area (Å²) in [6.45, 7) is 3.46. The number of ether oxygens (including phenoxy) is 1. The van der Waals surface area contributed by atoms with Crippen LogP contribution in [0.4, 0.5) is 11.4 Å². The molecule has 5 nitrogen and oxygen atoms in total. The van der Waals surface area contributed by atoms with Crippen LogP contribution in [-0.2, 0) is 9.53 Å². The van der Waals surface area contributed by atoms with E-state index >= 15 is 0 Å². The van der Waals surface area contributed by atoms with Gasteiger partial charge in [0, 0.05) is 24.7 Å². The number of rotatable bonds is 3. The van der Waals surface area contributed by atoms with Gasteiger partial charge in [-0.3, -0.25) is 9.69 Å². The Bertz CT molecular complexity index is 446. The van der Waals surface area contributed by atoms with E-state index in [-0.39, 0.29) is 5.91 Å². The Kier molecular flexibility index (Phi) is 5.01. The summed E-state index contributed by atoms with van der Waals surface area (Å²) in [5, 5.41) is 3.36. The van der Waals surface area contributed by atoms with E-state index < -0.39 is 0 Å². The molecule has 0 spiro atoms. The first-order chi connectivity index (χ1) is 9.15. The normalized spacial score (nSPS) is 16.9. The number of hydrogen-bond acceptors (Lipinski definition) is 4. The third kappa shape index (κ3) is 4.38. The smallest absolute Gasteiger partial charge is 0.238 e. The fourth-order valence-corrected chi connectivity index (χ4v) is 2.18. The first-order valence-corrected chi connectivity index (χ1v) is 6.68. The van der Waals surface area contributed by atoms with Gasteiger partial charge in [0.05, 0.1) is 24.5 Å². The van der Waals surface area contributed by atoms with Crippen LogP contribution in [0.3, 0.4) is 0 Å². The summed E-state index contributed by atoms with van der Waals surface area (Å²) in [6.07, 6.45) is 0.955. The number of benzene rings is 1. The van der Waals surface area contributed by atoms with Crippen LogP contribution in [0.25, 0.3) is 0 Å². The molecule has 0 aromatic heterocycles. The lowest BCUT2D eigenvalue weighted by Crippen LogP contribution is -2.35. The molecule has 6 heteroatoms. The Labute approximate surface area is 117 Å². The van der Waals surface area contributed by atoms with E-state index in [4.69, 9.17) is 22.1 Å². The summed E-state index contributed by atoms with van der Waals surface area (Å²) >= 11 is 5.81. The van der Waals surface area contributed by atoms with E-state index in [1.807, 2.05) is 0 Å². The van der Waals surface area contributed by atoms with Gasteiger partial charge < -0.3 is 15.8 Å². The largest absolute Gasteiger partial charge is 0.397 e. The lowest BCUT2D eigenvalue weighted by molar-refractivity contribution is -0.117. The van der Waals surface area contributed by atoms with Crippen molar-refractivity contribution in [1.82, 2.24) is 4.90 Å². The van der Waals surface area contributed by atoms with E-state index in [0.717, 1.165) is 26.1 Å². The molecule has 0 bridgehead atoms. The third-order valence-electron chi connectivity index (χ3n) is 2.97. The Morgan fingerprint density at radius 2 is 2.26 bits per heavy atom. The van der Waals surface area contributed by atoms with Crippen molar-refractivity contribution in [1.29, 1.82) is 0 Å². The second kappa shape index (κ2) is 6.75. The maximum Gasteiger partial charge on any atom is 0.238 e. The lowest BCUT2D eigenvalue weighted by atomic mass is 10.2. The van der Waals surface area contributed by atoms with Crippen LogP contribution in [0, 0.1) is 0 Å². The average molecular weight is 284 g/mol. The van der Waals surface area contributed by atoms with Crippen LogP contribution in [-0.4, -0.2) is 43.7 Å². The van der Waals surface area contributed by atoms with Crippen molar-refractivity contribution in [3.8, 4) is 0 Å². The highest BCUT2D eigenvalue weighted by Crippen LogP contribution is 2.22. The minimum atomic E-state index is -0.0732. The molecule has 0 atom stereocenters. The summed E-state index contributed by atoms with van der Waals surface area (Å²) in [5.74, 6) is -0.0732. The molecule has 1 aliphatic heterocycles. The Hall–Kier alpha value is -1.30. The first kappa shape index (κ1) is 14.1. The molecule has 2 rings (SSSR count). The third-order valence-corrected chi connectivity index (χ3v) is 3.20. The van der Waals surface area contributed by atoms with Crippen molar-refractivity contribution in [2.45, 2.75) is 6.42 Å². The Morgan fingerprint density at radius 3 is 3.05 bits per heavy atom. The predicted molar refractivity (Wildman–Crippen MR) is 76.4 cm³/mol. The van der Waals surface area contributed by atoms with Gasteiger partial charge in [0.25, 0.3) is 0 Å². The second-order valence-electron chi connectivity index (χ2n) is 4.52. The number of halogens is 1. The second-order valence-corrected chi connectivity index (χ2v) is 4.96. The number of carbonyl (C=O) groups excluding carboxylic acids is 1. The quantitative estimate of drug-likeness (QED) is 0.827. The number of nitrogens with two attached hydrogens (primary N) is 1. The van der Waals surface area contributed by atoms with Crippen LogP contribution in [0.2, 0.25) is 5.02 Å². The van der Waals surface area contributed by atoms with Gasteiger partial charge in [-0.2, -0.15) is 0 Å². The van der Waals surface area contributed by atoms with Crippen LogP contribution in [0.5, 0.6) is 0 Å². The van der Waals surface area contributed by atoms with Gasteiger partial charge in [0.1, 0.15) is 0 Å². The Balaban J connectivity index is 1.89. The number of carbonyl (C=O) groups is 1.